The summed E-state index contributed by atoms with van der Waals surface area (Å²) in [4.78, 5) is 16.5. The first-order valence-corrected chi connectivity index (χ1v) is 10.3. The number of hydrogen-bond donors (Lipinski definition) is 1. The number of fused-ring (bicyclic) bond motifs is 2. The minimum Gasteiger partial charge on any atom is -0.493 e. The molecule has 2 aromatic rings. The van der Waals surface area contributed by atoms with Gasteiger partial charge in [-0.15, -0.1) is 0 Å². The molecular formula is C23H27N2O2+. The monoisotopic (exact) mass is 363 g/mol. The average molecular weight is 363 g/mol. The number of piperazine rings is 1. The predicted molar refractivity (Wildman–Crippen MR) is 104 cm³/mol. The lowest BCUT2D eigenvalue weighted by atomic mass is 10.1. The Kier molecular flexibility index (Phi) is 4.36. The standard InChI is InChI=1S/C23H26N2O2/c26-23(21-6-5-18-2-1-3-19(18)15-21)25-11-9-24(10-12-25)16-17-4-7-22-20(14-17)8-13-27-22/h4-7,14-15H,1-3,8-13,16H2/p+1. The topological polar surface area (TPSA) is 34.0 Å². The normalized spacial score (nSPS) is 18.9. The maximum absolute atomic E-state index is 12.9. The van der Waals surface area contributed by atoms with E-state index >= 15 is 0 Å². The molecule has 1 aliphatic carbocycles. The second kappa shape index (κ2) is 7.01. The van der Waals surface area contributed by atoms with Crippen molar-refractivity contribution < 1.29 is 14.4 Å². The number of carbonyl (C=O) groups excluding carboxylic acids is 1. The van der Waals surface area contributed by atoms with Crippen LogP contribution in [0.25, 0.3) is 0 Å². The Morgan fingerprint density at radius 3 is 2.70 bits per heavy atom. The molecule has 1 saturated heterocycles. The number of benzene rings is 2. The number of quaternary nitrogens is 1. The highest BCUT2D eigenvalue weighted by molar-refractivity contribution is 5.94. The minimum absolute atomic E-state index is 0.207. The van der Waals surface area contributed by atoms with Gasteiger partial charge in [0, 0.05) is 17.5 Å². The Hall–Kier alpha value is -2.33. The smallest absolute Gasteiger partial charge is 0.254 e. The number of rotatable bonds is 3. The van der Waals surface area contributed by atoms with E-state index in [9.17, 15) is 4.79 Å². The molecule has 1 fully saturated rings. The molecule has 2 heterocycles. The van der Waals surface area contributed by atoms with E-state index in [1.165, 1.54) is 35.1 Å². The molecule has 4 nitrogen and oxygen atoms in total. The van der Waals surface area contributed by atoms with E-state index in [1.807, 2.05) is 11.0 Å². The van der Waals surface area contributed by atoms with Gasteiger partial charge in [0.2, 0.25) is 0 Å². The second-order valence-corrected chi connectivity index (χ2v) is 8.10. The highest BCUT2D eigenvalue weighted by atomic mass is 16.5. The van der Waals surface area contributed by atoms with Crippen LogP contribution in [0.5, 0.6) is 5.75 Å². The van der Waals surface area contributed by atoms with Crippen LogP contribution in [0, 0.1) is 0 Å². The lowest BCUT2D eigenvalue weighted by Crippen LogP contribution is -3.13. The fraction of sp³-hybridized carbons (Fsp3) is 0.435. The van der Waals surface area contributed by atoms with E-state index in [4.69, 9.17) is 4.74 Å². The number of nitrogens with one attached hydrogen (secondary N) is 1. The number of ether oxygens (including phenoxy) is 1. The van der Waals surface area contributed by atoms with Gasteiger partial charge in [0.1, 0.15) is 12.3 Å². The minimum atomic E-state index is 0.207. The summed E-state index contributed by atoms with van der Waals surface area (Å²) >= 11 is 0. The molecule has 1 N–H and O–H groups in total. The Morgan fingerprint density at radius 1 is 0.963 bits per heavy atom. The van der Waals surface area contributed by atoms with Crippen LogP contribution in [0.3, 0.4) is 0 Å². The zero-order chi connectivity index (χ0) is 18.2. The van der Waals surface area contributed by atoms with Crippen LogP contribution in [0.4, 0.5) is 0 Å². The quantitative estimate of drug-likeness (QED) is 0.900. The van der Waals surface area contributed by atoms with Crippen molar-refractivity contribution in [1.29, 1.82) is 0 Å². The van der Waals surface area contributed by atoms with Gasteiger partial charge < -0.3 is 14.5 Å². The van der Waals surface area contributed by atoms with Gasteiger partial charge in [-0.3, -0.25) is 4.79 Å². The molecule has 3 aliphatic rings. The third-order valence-corrected chi connectivity index (χ3v) is 6.31. The van der Waals surface area contributed by atoms with Gasteiger partial charge in [0.05, 0.1) is 32.8 Å². The van der Waals surface area contributed by atoms with Gasteiger partial charge in [-0.1, -0.05) is 6.07 Å². The molecule has 0 unspecified atom stereocenters. The summed E-state index contributed by atoms with van der Waals surface area (Å²) in [6.45, 7) is 5.58. The lowest BCUT2D eigenvalue weighted by Gasteiger charge is -2.32. The summed E-state index contributed by atoms with van der Waals surface area (Å²) in [6.07, 6.45) is 4.55. The first-order valence-electron chi connectivity index (χ1n) is 10.3. The summed E-state index contributed by atoms with van der Waals surface area (Å²) in [5.41, 5.74) is 6.41. The van der Waals surface area contributed by atoms with Gasteiger partial charge in [-0.2, -0.15) is 0 Å². The summed E-state index contributed by atoms with van der Waals surface area (Å²) < 4.78 is 5.60. The largest absolute Gasteiger partial charge is 0.493 e. The van der Waals surface area contributed by atoms with Crippen molar-refractivity contribution in [3.63, 3.8) is 0 Å². The molecule has 0 spiro atoms. The molecule has 0 radical (unpaired) electrons. The predicted octanol–water partition coefficient (Wildman–Crippen LogP) is 1.65. The Labute approximate surface area is 160 Å². The first kappa shape index (κ1) is 16.8. The van der Waals surface area contributed by atoms with Gasteiger partial charge in [0.15, 0.2) is 0 Å². The Balaban J connectivity index is 1.19. The third kappa shape index (κ3) is 3.34. The van der Waals surface area contributed by atoms with Crippen LogP contribution in [0.15, 0.2) is 36.4 Å². The zero-order valence-electron chi connectivity index (χ0n) is 15.8. The van der Waals surface area contributed by atoms with E-state index in [2.05, 4.69) is 30.3 Å². The fourth-order valence-electron chi connectivity index (χ4n) is 4.73. The lowest BCUT2D eigenvalue weighted by molar-refractivity contribution is -0.917. The molecule has 27 heavy (non-hydrogen) atoms. The van der Waals surface area contributed by atoms with Crippen LogP contribution in [0.2, 0.25) is 0 Å². The van der Waals surface area contributed by atoms with Gasteiger partial charge in [0.25, 0.3) is 5.91 Å². The summed E-state index contributed by atoms with van der Waals surface area (Å²) in [6, 6.07) is 12.9. The van der Waals surface area contributed by atoms with Crippen LogP contribution < -0.4 is 9.64 Å². The van der Waals surface area contributed by atoms with Gasteiger partial charge in [-0.05, 0) is 66.3 Å². The van der Waals surface area contributed by atoms with E-state index in [0.29, 0.717) is 0 Å². The molecule has 2 aliphatic heterocycles. The SMILES string of the molecule is O=C(c1ccc2c(c1)CCC2)N1CC[NH+](Cc2ccc3c(c2)CCO3)CC1. The van der Waals surface area contributed by atoms with Crippen molar-refractivity contribution in [2.45, 2.75) is 32.2 Å². The molecule has 4 heteroatoms. The maximum atomic E-state index is 12.9. The fourth-order valence-corrected chi connectivity index (χ4v) is 4.73. The molecule has 0 saturated carbocycles. The number of aryl methyl sites for hydroxylation is 2. The molecule has 0 aromatic heterocycles. The van der Waals surface area contributed by atoms with Gasteiger partial charge >= 0.3 is 0 Å². The van der Waals surface area contributed by atoms with Crippen molar-refractivity contribution in [3.05, 3.63) is 64.2 Å². The summed E-state index contributed by atoms with van der Waals surface area (Å²) in [5.74, 6) is 1.26. The Morgan fingerprint density at radius 2 is 1.81 bits per heavy atom. The number of nitrogens with zero attached hydrogens (tertiary/aromatic N) is 1. The van der Waals surface area contributed by atoms with Crippen molar-refractivity contribution in [2.75, 3.05) is 32.8 Å². The van der Waals surface area contributed by atoms with Crippen LogP contribution in [0.1, 0.15) is 39.0 Å². The zero-order valence-corrected chi connectivity index (χ0v) is 15.8. The van der Waals surface area contributed by atoms with Crippen molar-refractivity contribution >= 4 is 5.91 Å². The highest BCUT2D eigenvalue weighted by Gasteiger charge is 2.26. The average Bonchev–Trinajstić information content (AvgIpc) is 3.36. The van der Waals surface area contributed by atoms with Crippen molar-refractivity contribution in [2.24, 2.45) is 0 Å². The molecule has 1 amide bonds. The second-order valence-electron chi connectivity index (χ2n) is 8.10. The van der Waals surface area contributed by atoms with Crippen molar-refractivity contribution in [3.8, 4) is 5.75 Å². The molecule has 140 valence electrons. The van der Waals surface area contributed by atoms with E-state index < -0.39 is 0 Å². The summed E-state index contributed by atoms with van der Waals surface area (Å²) in [7, 11) is 0. The van der Waals surface area contributed by atoms with Crippen LogP contribution >= 0.6 is 0 Å². The van der Waals surface area contributed by atoms with E-state index in [0.717, 1.165) is 63.5 Å². The number of carbonyl (C=O) groups is 1. The molecule has 5 rings (SSSR count). The molecular weight excluding hydrogens is 336 g/mol. The molecule has 0 bridgehead atoms. The summed E-state index contributed by atoms with van der Waals surface area (Å²) in [5, 5.41) is 0. The van der Waals surface area contributed by atoms with Crippen molar-refractivity contribution in [1.82, 2.24) is 4.90 Å². The first-order chi connectivity index (χ1) is 13.3. The van der Waals surface area contributed by atoms with Crippen LogP contribution in [-0.2, 0) is 25.8 Å². The number of amides is 1. The molecule has 2 aromatic carbocycles. The Bertz CT molecular complexity index is 869. The molecule has 0 atom stereocenters. The van der Waals surface area contributed by atoms with Gasteiger partial charge in [-0.25, -0.2) is 0 Å². The van der Waals surface area contributed by atoms with E-state index in [1.54, 1.807) is 4.90 Å². The third-order valence-electron chi connectivity index (χ3n) is 6.31. The maximum Gasteiger partial charge on any atom is 0.254 e. The number of hydrogen-bond acceptors (Lipinski definition) is 2. The van der Waals surface area contributed by atoms with Crippen LogP contribution in [-0.4, -0.2) is 43.6 Å². The highest BCUT2D eigenvalue weighted by Crippen LogP contribution is 2.26. The van der Waals surface area contributed by atoms with E-state index in [-0.39, 0.29) is 5.91 Å².